The SMILES string of the molecule is COc1ccc(Cl)cc1C(=O)Nc1nn(Cc2ccc(Cl)cc2Cl)cc1Cl. The normalized spacial score (nSPS) is 10.7. The molecule has 1 N–H and O–H groups in total. The number of rotatable bonds is 5. The van der Waals surface area contributed by atoms with Crippen LogP contribution in [0.4, 0.5) is 5.82 Å². The highest BCUT2D eigenvalue weighted by Crippen LogP contribution is 2.27. The van der Waals surface area contributed by atoms with Crippen molar-refractivity contribution in [3.63, 3.8) is 0 Å². The number of ether oxygens (including phenoxy) is 1. The maximum absolute atomic E-state index is 12.6. The van der Waals surface area contributed by atoms with Crippen LogP contribution < -0.4 is 10.1 Å². The average Bonchev–Trinajstić information content (AvgIpc) is 2.96. The molecule has 3 rings (SSSR count). The highest BCUT2D eigenvalue weighted by Gasteiger charge is 2.17. The van der Waals surface area contributed by atoms with Crippen molar-refractivity contribution in [1.82, 2.24) is 9.78 Å². The van der Waals surface area contributed by atoms with E-state index in [1.54, 1.807) is 41.2 Å². The Bertz CT molecular complexity index is 1000. The van der Waals surface area contributed by atoms with Gasteiger partial charge in [-0.15, -0.1) is 0 Å². The molecule has 0 radical (unpaired) electrons. The summed E-state index contributed by atoms with van der Waals surface area (Å²) in [6.07, 6.45) is 1.59. The van der Waals surface area contributed by atoms with Gasteiger partial charge in [-0.1, -0.05) is 52.5 Å². The fourth-order valence-corrected chi connectivity index (χ4v) is 3.26. The smallest absolute Gasteiger partial charge is 0.260 e. The summed E-state index contributed by atoms with van der Waals surface area (Å²) in [4.78, 5) is 12.6. The summed E-state index contributed by atoms with van der Waals surface area (Å²) in [5, 5.41) is 8.72. The zero-order chi connectivity index (χ0) is 19.6. The number of halogens is 4. The van der Waals surface area contributed by atoms with Crippen LogP contribution in [0.25, 0.3) is 0 Å². The number of carbonyl (C=O) groups excluding carboxylic acids is 1. The van der Waals surface area contributed by atoms with E-state index in [-0.39, 0.29) is 16.4 Å². The Kier molecular flexibility index (Phi) is 6.17. The average molecular weight is 445 g/mol. The molecule has 2 aromatic carbocycles. The van der Waals surface area contributed by atoms with E-state index in [0.29, 0.717) is 27.4 Å². The van der Waals surface area contributed by atoms with Crippen molar-refractivity contribution in [2.24, 2.45) is 0 Å². The van der Waals surface area contributed by atoms with Crippen molar-refractivity contribution in [2.75, 3.05) is 12.4 Å². The molecule has 140 valence electrons. The fourth-order valence-electron chi connectivity index (χ4n) is 2.42. The Morgan fingerprint density at radius 2 is 1.78 bits per heavy atom. The van der Waals surface area contributed by atoms with Crippen LogP contribution in [0.2, 0.25) is 20.1 Å². The van der Waals surface area contributed by atoms with E-state index in [1.165, 1.54) is 13.2 Å². The van der Waals surface area contributed by atoms with E-state index in [2.05, 4.69) is 10.4 Å². The number of methoxy groups -OCH3 is 1. The lowest BCUT2D eigenvalue weighted by Crippen LogP contribution is -2.14. The van der Waals surface area contributed by atoms with E-state index >= 15 is 0 Å². The third-order valence-corrected chi connectivity index (χ3v) is 4.80. The first-order valence-corrected chi connectivity index (χ1v) is 9.20. The second kappa shape index (κ2) is 8.40. The number of nitrogens with one attached hydrogen (secondary N) is 1. The van der Waals surface area contributed by atoms with Gasteiger partial charge in [0.1, 0.15) is 10.8 Å². The van der Waals surface area contributed by atoms with Gasteiger partial charge in [-0.25, -0.2) is 0 Å². The fraction of sp³-hybridized carbons (Fsp3) is 0.111. The monoisotopic (exact) mass is 443 g/mol. The van der Waals surface area contributed by atoms with Crippen LogP contribution in [0.1, 0.15) is 15.9 Å². The highest BCUT2D eigenvalue weighted by molar-refractivity contribution is 6.35. The first-order chi connectivity index (χ1) is 12.9. The molecule has 0 fully saturated rings. The third-order valence-electron chi connectivity index (χ3n) is 3.70. The minimum atomic E-state index is -0.439. The van der Waals surface area contributed by atoms with Crippen LogP contribution in [0.5, 0.6) is 5.75 Å². The lowest BCUT2D eigenvalue weighted by atomic mass is 10.2. The molecule has 1 heterocycles. The number of anilines is 1. The van der Waals surface area contributed by atoms with Gasteiger partial charge in [0.15, 0.2) is 5.82 Å². The van der Waals surface area contributed by atoms with Crippen molar-refractivity contribution >= 4 is 58.1 Å². The number of nitrogens with zero attached hydrogens (tertiary/aromatic N) is 2. The lowest BCUT2D eigenvalue weighted by Gasteiger charge is -2.08. The van der Waals surface area contributed by atoms with Crippen LogP contribution in [0.15, 0.2) is 42.6 Å². The van der Waals surface area contributed by atoms with E-state index in [1.807, 2.05) is 0 Å². The molecule has 0 saturated heterocycles. The molecular formula is C18H13Cl4N3O2. The quantitative estimate of drug-likeness (QED) is 0.540. The molecule has 5 nitrogen and oxygen atoms in total. The molecule has 9 heteroatoms. The van der Waals surface area contributed by atoms with E-state index in [0.717, 1.165) is 5.56 Å². The van der Waals surface area contributed by atoms with Gasteiger partial charge in [0.05, 0.1) is 19.2 Å². The van der Waals surface area contributed by atoms with Gasteiger partial charge >= 0.3 is 0 Å². The standard InChI is InChI=1S/C18H13Cl4N3O2/c1-27-16-5-4-11(19)6-13(16)18(26)23-17-15(22)9-25(24-17)8-10-2-3-12(20)7-14(10)21/h2-7,9H,8H2,1H3,(H,23,24,26). The predicted molar refractivity (Wildman–Crippen MR) is 109 cm³/mol. The summed E-state index contributed by atoms with van der Waals surface area (Å²) < 4.78 is 6.76. The van der Waals surface area contributed by atoms with Crippen molar-refractivity contribution in [2.45, 2.75) is 6.54 Å². The number of amides is 1. The topological polar surface area (TPSA) is 56.1 Å². The Morgan fingerprint density at radius 3 is 2.48 bits per heavy atom. The van der Waals surface area contributed by atoms with Crippen LogP contribution in [0, 0.1) is 0 Å². The summed E-state index contributed by atoms with van der Waals surface area (Å²) in [5.41, 5.74) is 1.09. The number of benzene rings is 2. The summed E-state index contributed by atoms with van der Waals surface area (Å²) >= 11 is 24.3. The first kappa shape index (κ1) is 19.8. The van der Waals surface area contributed by atoms with Gasteiger partial charge in [-0.3, -0.25) is 9.48 Å². The summed E-state index contributed by atoms with van der Waals surface area (Å²) in [6.45, 7) is 0.367. The number of hydrogen-bond donors (Lipinski definition) is 1. The molecule has 3 aromatic rings. The number of hydrogen-bond acceptors (Lipinski definition) is 3. The zero-order valence-corrected chi connectivity index (χ0v) is 17.0. The highest BCUT2D eigenvalue weighted by atomic mass is 35.5. The van der Waals surface area contributed by atoms with Gasteiger partial charge in [-0.2, -0.15) is 5.10 Å². The minimum absolute atomic E-state index is 0.216. The van der Waals surface area contributed by atoms with Gasteiger partial charge in [-0.05, 0) is 35.9 Å². The zero-order valence-electron chi connectivity index (χ0n) is 14.0. The van der Waals surface area contributed by atoms with E-state index in [9.17, 15) is 4.79 Å². The molecular weight excluding hydrogens is 432 g/mol. The molecule has 1 amide bonds. The molecule has 0 unspecified atom stereocenters. The molecule has 0 saturated carbocycles. The molecule has 0 atom stereocenters. The maximum Gasteiger partial charge on any atom is 0.260 e. The number of aromatic nitrogens is 2. The van der Waals surface area contributed by atoms with Gasteiger partial charge < -0.3 is 10.1 Å². The van der Waals surface area contributed by atoms with Crippen LogP contribution >= 0.6 is 46.4 Å². The Labute approximate surface area is 175 Å². The van der Waals surface area contributed by atoms with Crippen LogP contribution in [-0.4, -0.2) is 22.8 Å². The predicted octanol–water partition coefficient (Wildman–Crippen LogP) is 5.81. The summed E-state index contributed by atoms with van der Waals surface area (Å²) in [6, 6.07) is 9.94. The molecule has 0 aliphatic carbocycles. The van der Waals surface area contributed by atoms with Crippen molar-refractivity contribution in [1.29, 1.82) is 0 Å². The maximum atomic E-state index is 12.6. The third kappa shape index (κ3) is 4.68. The molecule has 0 bridgehead atoms. The van der Waals surface area contributed by atoms with Gasteiger partial charge in [0.25, 0.3) is 5.91 Å². The van der Waals surface area contributed by atoms with E-state index in [4.69, 9.17) is 51.1 Å². The second-order valence-corrected chi connectivity index (χ2v) is 7.24. The first-order valence-electron chi connectivity index (χ1n) is 7.69. The van der Waals surface area contributed by atoms with Crippen LogP contribution in [0.3, 0.4) is 0 Å². The largest absolute Gasteiger partial charge is 0.496 e. The molecule has 27 heavy (non-hydrogen) atoms. The molecule has 1 aromatic heterocycles. The summed E-state index contributed by atoms with van der Waals surface area (Å²) in [7, 11) is 1.47. The van der Waals surface area contributed by atoms with Gasteiger partial charge in [0, 0.05) is 21.3 Å². The lowest BCUT2D eigenvalue weighted by molar-refractivity contribution is 0.102. The molecule has 0 spiro atoms. The van der Waals surface area contributed by atoms with Crippen molar-refractivity contribution < 1.29 is 9.53 Å². The minimum Gasteiger partial charge on any atom is -0.496 e. The molecule has 0 aliphatic heterocycles. The second-order valence-electron chi connectivity index (χ2n) is 5.56. The van der Waals surface area contributed by atoms with Crippen molar-refractivity contribution in [3.05, 3.63) is 73.8 Å². The van der Waals surface area contributed by atoms with Gasteiger partial charge in [0.2, 0.25) is 0 Å². The Morgan fingerprint density at radius 1 is 1.07 bits per heavy atom. The van der Waals surface area contributed by atoms with E-state index < -0.39 is 5.91 Å². The van der Waals surface area contributed by atoms with Crippen LogP contribution in [-0.2, 0) is 6.54 Å². The Balaban J connectivity index is 1.81. The summed E-state index contributed by atoms with van der Waals surface area (Å²) in [5.74, 6) is 0.167. The number of carbonyl (C=O) groups is 1. The Hall–Kier alpha value is -1.92. The molecule has 0 aliphatic rings. The van der Waals surface area contributed by atoms with Crippen molar-refractivity contribution in [3.8, 4) is 5.75 Å².